The number of ether oxygens (including phenoxy) is 2. The van der Waals surface area contributed by atoms with Gasteiger partial charge in [0.2, 0.25) is 0 Å². The van der Waals surface area contributed by atoms with Crippen molar-refractivity contribution >= 4 is 0 Å². The van der Waals surface area contributed by atoms with Crippen molar-refractivity contribution in [3.63, 3.8) is 0 Å². The third-order valence-electron chi connectivity index (χ3n) is 3.25. The molecule has 1 rings (SSSR count). The highest BCUT2D eigenvalue weighted by Crippen LogP contribution is 2.16. The summed E-state index contributed by atoms with van der Waals surface area (Å²) in [4.78, 5) is 2.41. The number of aliphatic hydroxyl groups excluding tert-OH is 1. The first-order valence-electron chi connectivity index (χ1n) is 6.86. The molecule has 0 spiro atoms. The number of piperidine rings is 1. The molecule has 0 saturated carbocycles. The fraction of sp³-hybridized carbons (Fsp3) is 1.00. The molecule has 4 nitrogen and oxygen atoms in total. The van der Waals surface area contributed by atoms with Crippen LogP contribution >= 0.6 is 0 Å². The Bertz CT molecular complexity index is 184. The Morgan fingerprint density at radius 3 is 2.59 bits per heavy atom. The molecule has 102 valence electrons. The van der Waals surface area contributed by atoms with Gasteiger partial charge in [-0.15, -0.1) is 0 Å². The molecule has 4 heteroatoms. The Kier molecular flexibility index (Phi) is 7.77. The second kappa shape index (κ2) is 8.86. The van der Waals surface area contributed by atoms with Crippen LogP contribution in [0.25, 0.3) is 0 Å². The summed E-state index contributed by atoms with van der Waals surface area (Å²) in [6.07, 6.45) is 3.20. The van der Waals surface area contributed by atoms with E-state index < -0.39 is 0 Å². The van der Waals surface area contributed by atoms with E-state index in [1.54, 1.807) is 0 Å². The van der Waals surface area contributed by atoms with E-state index in [0.717, 1.165) is 32.5 Å². The number of hydrogen-bond acceptors (Lipinski definition) is 4. The maximum absolute atomic E-state index is 9.18. The molecule has 0 radical (unpaired) electrons. The fourth-order valence-corrected chi connectivity index (χ4v) is 2.38. The van der Waals surface area contributed by atoms with Crippen LogP contribution in [0.2, 0.25) is 0 Å². The maximum atomic E-state index is 9.18. The summed E-state index contributed by atoms with van der Waals surface area (Å²) in [5.41, 5.74) is 0. The number of likely N-dealkylation sites (tertiary alicyclic amines) is 1. The minimum absolute atomic E-state index is 0.0699. The average Bonchev–Trinajstić information content (AvgIpc) is 2.37. The lowest BCUT2D eigenvalue weighted by atomic mass is 9.99. The summed E-state index contributed by atoms with van der Waals surface area (Å²) >= 11 is 0. The van der Waals surface area contributed by atoms with Gasteiger partial charge in [-0.1, -0.05) is 0 Å². The van der Waals surface area contributed by atoms with Crippen molar-refractivity contribution in [2.24, 2.45) is 5.92 Å². The highest BCUT2D eigenvalue weighted by atomic mass is 16.7. The van der Waals surface area contributed by atoms with Crippen LogP contribution in [0.5, 0.6) is 0 Å². The molecule has 1 unspecified atom stereocenters. The molecule has 0 aromatic carbocycles. The molecule has 1 N–H and O–H groups in total. The second-order valence-corrected chi connectivity index (χ2v) is 4.62. The summed E-state index contributed by atoms with van der Waals surface area (Å²) in [7, 11) is 0. The number of rotatable bonds is 8. The normalized spacial score (nSPS) is 22.2. The molecule has 0 aromatic rings. The first kappa shape index (κ1) is 14.9. The third-order valence-corrected chi connectivity index (χ3v) is 3.25. The lowest BCUT2D eigenvalue weighted by Crippen LogP contribution is -2.38. The van der Waals surface area contributed by atoms with Crippen LogP contribution in [0.3, 0.4) is 0 Å². The first-order valence-corrected chi connectivity index (χ1v) is 6.86. The van der Waals surface area contributed by atoms with Crippen LogP contribution in [0.15, 0.2) is 0 Å². The summed E-state index contributed by atoms with van der Waals surface area (Å²) in [6, 6.07) is 0. The van der Waals surface area contributed by atoms with Crippen LogP contribution in [0.4, 0.5) is 0 Å². The SMILES string of the molecule is CCOC(CCN1CCCC(CO)C1)OCC. The van der Waals surface area contributed by atoms with Gasteiger partial charge in [0.05, 0.1) is 0 Å². The Balaban J connectivity index is 2.22. The lowest BCUT2D eigenvalue weighted by Gasteiger charge is -2.32. The standard InChI is InChI=1S/C13H27NO3/c1-3-16-13(17-4-2)7-9-14-8-5-6-12(10-14)11-15/h12-13,15H,3-11H2,1-2H3. The molecule has 0 aromatic heterocycles. The molecular weight excluding hydrogens is 218 g/mol. The molecule has 1 atom stereocenters. The van der Waals surface area contributed by atoms with E-state index in [0.29, 0.717) is 25.7 Å². The van der Waals surface area contributed by atoms with Gasteiger partial charge in [0.1, 0.15) is 0 Å². The van der Waals surface area contributed by atoms with Crippen molar-refractivity contribution in [1.29, 1.82) is 0 Å². The van der Waals surface area contributed by atoms with Crippen molar-refractivity contribution in [2.45, 2.75) is 39.4 Å². The zero-order valence-electron chi connectivity index (χ0n) is 11.2. The molecule has 1 aliphatic rings. The maximum Gasteiger partial charge on any atom is 0.158 e. The average molecular weight is 245 g/mol. The van der Waals surface area contributed by atoms with Crippen LogP contribution in [0, 0.1) is 5.92 Å². The Hall–Kier alpha value is -0.160. The Labute approximate surface area is 105 Å². The largest absolute Gasteiger partial charge is 0.396 e. The zero-order valence-corrected chi connectivity index (χ0v) is 11.2. The predicted molar refractivity (Wildman–Crippen MR) is 67.9 cm³/mol. The number of hydrogen-bond donors (Lipinski definition) is 1. The highest BCUT2D eigenvalue weighted by molar-refractivity contribution is 4.72. The van der Waals surface area contributed by atoms with Crippen molar-refractivity contribution in [3.05, 3.63) is 0 Å². The van der Waals surface area contributed by atoms with Crippen LogP contribution < -0.4 is 0 Å². The topological polar surface area (TPSA) is 41.9 Å². The van der Waals surface area contributed by atoms with Gasteiger partial charge >= 0.3 is 0 Å². The first-order chi connectivity index (χ1) is 8.30. The minimum Gasteiger partial charge on any atom is -0.396 e. The summed E-state index contributed by atoms with van der Waals surface area (Å²) in [6.45, 7) is 8.86. The molecule has 1 fully saturated rings. The monoisotopic (exact) mass is 245 g/mol. The summed E-state index contributed by atoms with van der Waals surface area (Å²) in [5, 5.41) is 9.18. The van der Waals surface area contributed by atoms with Crippen molar-refractivity contribution in [2.75, 3.05) is 39.5 Å². The van der Waals surface area contributed by atoms with Gasteiger partial charge in [-0.05, 0) is 39.2 Å². The zero-order chi connectivity index (χ0) is 12.5. The van der Waals surface area contributed by atoms with Gasteiger partial charge in [0.25, 0.3) is 0 Å². The van der Waals surface area contributed by atoms with Gasteiger partial charge in [-0.3, -0.25) is 0 Å². The third kappa shape index (κ3) is 5.82. The smallest absolute Gasteiger partial charge is 0.158 e. The predicted octanol–water partition coefficient (Wildman–Crippen LogP) is 1.48. The molecular formula is C13H27NO3. The molecule has 0 aliphatic carbocycles. The molecule has 0 bridgehead atoms. The van der Waals surface area contributed by atoms with Crippen LogP contribution in [0.1, 0.15) is 33.1 Å². The molecule has 1 aliphatic heterocycles. The minimum atomic E-state index is -0.0699. The number of nitrogens with zero attached hydrogens (tertiary/aromatic N) is 1. The van der Waals surface area contributed by atoms with Crippen molar-refractivity contribution in [3.8, 4) is 0 Å². The highest BCUT2D eigenvalue weighted by Gasteiger charge is 2.20. The van der Waals surface area contributed by atoms with Gasteiger partial charge in [0.15, 0.2) is 6.29 Å². The quantitative estimate of drug-likeness (QED) is 0.658. The van der Waals surface area contributed by atoms with Gasteiger partial charge in [-0.2, -0.15) is 0 Å². The van der Waals surface area contributed by atoms with Gasteiger partial charge in [-0.25, -0.2) is 0 Å². The summed E-state index contributed by atoms with van der Waals surface area (Å²) < 4.78 is 11.1. The van der Waals surface area contributed by atoms with E-state index in [2.05, 4.69) is 4.90 Å². The van der Waals surface area contributed by atoms with E-state index in [4.69, 9.17) is 9.47 Å². The van der Waals surface area contributed by atoms with Crippen LogP contribution in [-0.2, 0) is 9.47 Å². The number of aliphatic hydroxyl groups is 1. The van der Waals surface area contributed by atoms with E-state index in [1.165, 1.54) is 6.42 Å². The van der Waals surface area contributed by atoms with Crippen LogP contribution in [-0.4, -0.2) is 55.8 Å². The Morgan fingerprint density at radius 1 is 1.29 bits per heavy atom. The van der Waals surface area contributed by atoms with Crippen molar-refractivity contribution in [1.82, 2.24) is 4.90 Å². The molecule has 1 heterocycles. The van der Waals surface area contributed by atoms with E-state index in [1.807, 2.05) is 13.8 Å². The van der Waals surface area contributed by atoms with Crippen molar-refractivity contribution < 1.29 is 14.6 Å². The molecule has 0 amide bonds. The fourth-order valence-electron chi connectivity index (χ4n) is 2.38. The lowest BCUT2D eigenvalue weighted by molar-refractivity contribution is -0.142. The molecule has 17 heavy (non-hydrogen) atoms. The van der Waals surface area contributed by atoms with E-state index in [9.17, 15) is 5.11 Å². The Morgan fingerprint density at radius 2 is 2.00 bits per heavy atom. The van der Waals surface area contributed by atoms with Gasteiger partial charge < -0.3 is 19.5 Å². The van der Waals surface area contributed by atoms with E-state index in [-0.39, 0.29) is 6.29 Å². The van der Waals surface area contributed by atoms with E-state index >= 15 is 0 Å². The summed E-state index contributed by atoms with van der Waals surface area (Å²) in [5.74, 6) is 0.460. The van der Waals surface area contributed by atoms with Gasteiger partial charge in [0, 0.05) is 39.3 Å². The molecule has 1 saturated heterocycles. The second-order valence-electron chi connectivity index (χ2n) is 4.62.